The van der Waals surface area contributed by atoms with Crippen LogP contribution in [0, 0.1) is 0 Å². The summed E-state index contributed by atoms with van der Waals surface area (Å²) in [6.07, 6.45) is 8.98. The van der Waals surface area contributed by atoms with E-state index in [0.29, 0.717) is 116 Å². The normalized spacial score (nSPS) is 30.5. The van der Waals surface area contributed by atoms with Crippen LogP contribution in [0.1, 0.15) is 162 Å². The topological polar surface area (TPSA) is 251 Å². The molecule has 0 aromatic rings. The van der Waals surface area contributed by atoms with E-state index >= 15 is 0 Å². The number of amides is 8. The number of alkyl carbamates (subject to hydrolysis) is 1. The third-order valence-corrected chi connectivity index (χ3v) is 13.2. The van der Waals surface area contributed by atoms with E-state index in [4.69, 9.17) is 9.47 Å². The van der Waals surface area contributed by atoms with Crippen LogP contribution in [0.2, 0.25) is 0 Å². The summed E-state index contributed by atoms with van der Waals surface area (Å²) in [5.41, 5.74) is -0.840. The minimum absolute atomic E-state index is 0.196. The molecule has 5 heterocycles. The highest BCUT2D eigenvalue weighted by atomic mass is 16.6. The number of nitrogens with zero attached hydrogens (tertiary/aromatic N) is 2. The molecule has 5 saturated heterocycles. The Morgan fingerprint density at radius 3 is 1.46 bits per heavy atom. The molecule has 0 aliphatic carbocycles. The standard InChI is InChI=1S/C46H74N8O11/c1-46(2,3)65-45(63)52-32-22-14-8-10-16-24-34(44(62)64-4)51-39(57)30-20-12-6-5-11-19-29(48-40(32)58)38(56)50-33-23-15-9-7-13-21-31(37(55)47-30)49-41(59)35-25-17-27-53(35)43(61)36-26-18-28-54(36)42(33)60/h29-36H,5-28H2,1-4H3,(H,47,55)(H,48,58)(H,49,59)(H,50,56)(H,51,57)(H,52,63)/t29-,30-,31-,32-,33-,34-,35-,36+/m0/s1. The van der Waals surface area contributed by atoms with Crippen molar-refractivity contribution in [1.82, 2.24) is 41.7 Å². The fourth-order valence-electron chi connectivity index (χ4n) is 9.66. The van der Waals surface area contributed by atoms with Gasteiger partial charge in [0.25, 0.3) is 0 Å². The fourth-order valence-corrected chi connectivity index (χ4v) is 9.66. The van der Waals surface area contributed by atoms with Crippen molar-refractivity contribution in [3.8, 4) is 0 Å². The van der Waals surface area contributed by atoms with Crippen molar-refractivity contribution in [2.24, 2.45) is 0 Å². The average molecular weight is 915 g/mol. The van der Waals surface area contributed by atoms with Crippen LogP contribution < -0.4 is 31.9 Å². The molecule has 0 spiro atoms. The molecule has 6 N–H and O–H groups in total. The maximum Gasteiger partial charge on any atom is 0.408 e. The molecule has 364 valence electrons. The summed E-state index contributed by atoms with van der Waals surface area (Å²) < 4.78 is 10.6. The Labute approximate surface area is 383 Å². The second kappa shape index (κ2) is 24.5. The first kappa shape index (κ1) is 51.0. The summed E-state index contributed by atoms with van der Waals surface area (Å²) in [5.74, 6) is -4.11. The molecule has 5 aliphatic rings. The number of nitrogens with one attached hydrogen (secondary N) is 6. The molecule has 8 amide bonds. The van der Waals surface area contributed by atoms with Gasteiger partial charge in [-0.05, 0) is 85.0 Å². The minimum Gasteiger partial charge on any atom is -0.467 e. The minimum atomic E-state index is -1.08. The van der Waals surface area contributed by atoms with Gasteiger partial charge in [0.2, 0.25) is 41.4 Å². The lowest BCUT2D eigenvalue weighted by Gasteiger charge is -2.34. The molecule has 0 aromatic heterocycles. The van der Waals surface area contributed by atoms with Crippen molar-refractivity contribution >= 4 is 53.4 Å². The summed E-state index contributed by atoms with van der Waals surface area (Å²) in [6, 6.07) is -7.92. The van der Waals surface area contributed by atoms with E-state index < -0.39 is 95.5 Å². The number of ether oxygens (including phenoxy) is 2. The van der Waals surface area contributed by atoms with Gasteiger partial charge < -0.3 is 51.2 Å². The first-order chi connectivity index (χ1) is 31.1. The van der Waals surface area contributed by atoms with Crippen LogP contribution >= 0.6 is 0 Å². The van der Waals surface area contributed by atoms with Gasteiger partial charge in [-0.3, -0.25) is 33.6 Å². The van der Waals surface area contributed by atoms with E-state index in [-0.39, 0.29) is 50.3 Å². The highest BCUT2D eigenvalue weighted by molar-refractivity contribution is 5.98. The van der Waals surface area contributed by atoms with Crippen molar-refractivity contribution < 1.29 is 52.6 Å². The second-order valence-electron chi connectivity index (χ2n) is 19.4. The molecule has 19 heteroatoms. The Balaban J connectivity index is 1.54. The molecule has 4 bridgehead atoms. The zero-order chi connectivity index (χ0) is 47.1. The monoisotopic (exact) mass is 915 g/mol. The molecule has 19 nitrogen and oxygen atoms in total. The quantitative estimate of drug-likeness (QED) is 0.220. The van der Waals surface area contributed by atoms with Gasteiger partial charge in [-0.1, -0.05) is 77.0 Å². The van der Waals surface area contributed by atoms with Gasteiger partial charge in [-0.2, -0.15) is 0 Å². The summed E-state index contributed by atoms with van der Waals surface area (Å²) >= 11 is 0. The van der Waals surface area contributed by atoms with E-state index in [0.717, 1.165) is 0 Å². The number of methoxy groups -OCH3 is 1. The molecule has 65 heavy (non-hydrogen) atoms. The van der Waals surface area contributed by atoms with E-state index in [9.17, 15) is 43.2 Å². The zero-order valence-electron chi connectivity index (χ0n) is 39.0. The lowest BCUT2D eigenvalue weighted by molar-refractivity contribution is -0.148. The second-order valence-corrected chi connectivity index (χ2v) is 19.4. The van der Waals surface area contributed by atoms with Crippen LogP contribution in [0.5, 0.6) is 0 Å². The Morgan fingerprint density at radius 2 is 0.923 bits per heavy atom. The lowest BCUT2D eigenvalue weighted by atomic mass is 9.98. The number of carbonyl (C=O) groups excluding carboxylic acids is 9. The Bertz CT molecular complexity index is 1720. The number of hydrogen-bond acceptors (Lipinski definition) is 11. The Kier molecular flexibility index (Phi) is 19.3. The van der Waals surface area contributed by atoms with Gasteiger partial charge in [0.1, 0.15) is 53.9 Å². The molecule has 5 aliphatic heterocycles. The Hall–Kier alpha value is -4.97. The maximum atomic E-state index is 14.6. The number of carbonyl (C=O) groups is 9. The number of fused-ring (bicyclic) bond motifs is 16. The van der Waals surface area contributed by atoms with Gasteiger partial charge >= 0.3 is 12.1 Å². The predicted molar refractivity (Wildman–Crippen MR) is 237 cm³/mol. The van der Waals surface area contributed by atoms with Crippen molar-refractivity contribution in [2.75, 3.05) is 20.2 Å². The van der Waals surface area contributed by atoms with Crippen LogP contribution in [0.15, 0.2) is 0 Å². The van der Waals surface area contributed by atoms with E-state index in [1.807, 2.05) is 0 Å². The molecular formula is C46H74N8O11. The summed E-state index contributed by atoms with van der Waals surface area (Å²) in [4.78, 5) is 129. The summed E-state index contributed by atoms with van der Waals surface area (Å²) in [6.45, 7) is 5.72. The van der Waals surface area contributed by atoms with E-state index in [1.165, 1.54) is 16.9 Å². The van der Waals surface area contributed by atoms with Crippen molar-refractivity contribution in [3.05, 3.63) is 0 Å². The average Bonchev–Trinajstić information content (AvgIpc) is 3.96. The van der Waals surface area contributed by atoms with Gasteiger partial charge in [-0.15, -0.1) is 0 Å². The smallest absolute Gasteiger partial charge is 0.408 e. The fraction of sp³-hybridized carbons (Fsp3) is 0.804. The molecule has 8 atom stereocenters. The molecule has 0 aromatic carbocycles. The third-order valence-electron chi connectivity index (χ3n) is 13.2. The summed E-state index contributed by atoms with van der Waals surface area (Å²) in [5, 5.41) is 17.2. The maximum absolute atomic E-state index is 14.6. The zero-order valence-corrected chi connectivity index (χ0v) is 39.0. The van der Waals surface area contributed by atoms with Gasteiger partial charge in [-0.25, -0.2) is 9.59 Å². The van der Waals surface area contributed by atoms with Crippen LogP contribution in [0.4, 0.5) is 4.79 Å². The van der Waals surface area contributed by atoms with Crippen molar-refractivity contribution in [2.45, 2.75) is 216 Å². The van der Waals surface area contributed by atoms with Crippen molar-refractivity contribution in [3.63, 3.8) is 0 Å². The highest BCUT2D eigenvalue weighted by Crippen LogP contribution is 2.27. The van der Waals surface area contributed by atoms with Gasteiger partial charge in [0.05, 0.1) is 7.11 Å². The number of rotatable bonds is 2. The summed E-state index contributed by atoms with van der Waals surface area (Å²) in [7, 11) is 1.24. The predicted octanol–water partition coefficient (Wildman–Crippen LogP) is 2.52. The largest absolute Gasteiger partial charge is 0.467 e. The van der Waals surface area contributed by atoms with Gasteiger partial charge in [0.15, 0.2) is 0 Å². The van der Waals surface area contributed by atoms with E-state index in [2.05, 4.69) is 31.9 Å². The third kappa shape index (κ3) is 15.0. The molecule has 5 fully saturated rings. The Morgan fingerprint density at radius 1 is 0.492 bits per heavy atom. The van der Waals surface area contributed by atoms with Crippen LogP contribution in [0.3, 0.4) is 0 Å². The van der Waals surface area contributed by atoms with Crippen LogP contribution in [-0.2, 0) is 47.8 Å². The molecule has 0 radical (unpaired) electrons. The molecule has 0 unspecified atom stereocenters. The highest BCUT2D eigenvalue weighted by Gasteiger charge is 2.45. The molecular weight excluding hydrogens is 841 g/mol. The van der Waals surface area contributed by atoms with Crippen LogP contribution in [0.25, 0.3) is 0 Å². The van der Waals surface area contributed by atoms with Gasteiger partial charge in [0, 0.05) is 13.1 Å². The first-order valence-electron chi connectivity index (χ1n) is 24.3. The van der Waals surface area contributed by atoms with Crippen LogP contribution in [-0.4, -0.2) is 137 Å². The van der Waals surface area contributed by atoms with Crippen molar-refractivity contribution in [1.29, 1.82) is 0 Å². The lowest BCUT2D eigenvalue weighted by Crippen LogP contribution is -2.60. The molecule has 5 rings (SSSR count). The molecule has 0 saturated carbocycles. The number of hydrogen-bond donors (Lipinski definition) is 6. The van der Waals surface area contributed by atoms with E-state index in [1.54, 1.807) is 20.8 Å². The SMILES string of the molecule is COC(=O)[C@@H]1CCCCCC[C@H](NC(=O)OC(C)(C)C)C(=O)N[C@H]2CCCCCC[C@H](NC(=O)[C@@H]3CCCCCC[C@H](NC2=O)C(=O)N2CCC[C@@H]2C(=O)N2CCC[C@H]2C(=O)N3)C(=O)N1. The first-order valence-corrected chi connectivity index (χ1v) is 24.3. The number of esters is 1.